The minimum absolute atomic E-state index is 0.0576. The SMILES string of the molecule is COc1ccc(OCCC(=O)Nc2ccc(I)cc2C)cc1. The van der Waals surface area contributed by atoms with Crippen molar-refractivity contribution in [2.75, 3.05) is 19.0 Å². The Morgan fingerprint density at radius 3 is 2.45 bits per heavy atom. The van der Waals surface area contributed by atoms with Gasteiger partial charge in [0.25, 0.3) is 0 Å². The molecule has 2 aromatic carbocycles. The van der Waals surface area contributed by atoms with E-state index in [0.29, 0.717) is 13.0 Å². The summed E-state index contributed by atoms with van der Waals surface area (Å²) in [5.74, 6) is 1.44. The van der Waals surface area contributed by atoms with Crippen molar-refractivity contribution in [3.8, 4) is 11.5 Å². The third-order valence-corrected chi connectivity index (χ3v) is 3.79. The lowest BCUT2D eigenvalue weighted by Crippen LogP contribution is -2.15. The fraction of sp³-hybridized carbons (Fsp3) is 0.235. The van der Waals surface area contributed by atoms with E-state index < -0.39 is 0 Å². The quantitative estimate of drug-likeness (QED) is 0.731. The molecule has 0 atom stereocenters. The van der Waals surface area contributed by atoms with Crippen LogP contribution in [0.15, 0.2) is 42.5 Å². The van der Waals surface area contributed by atoms with Gasteiger partial charge in [0.2, 0.25) is 5.91 Å². The molecule has 2 rings (SSSR count). The average Bonchev–Trinajstić information content (AvgIpc) is 2.51. The van der Waals surface area contributed by atoms with Gasteiger partial charge in [-0.1, -0.05) is 0 Å². The molecule has 1 amide bonds. The maximum atomic E-state index is 11.9. The van der Waals surface area contributed by atoms with Gasteiger partial charge in [-0.15, -0.1) is 0 Å². The van der Waals surface area contributed by atoms with Crippen LogP contribution in [0.1, 0.15) is 12.0 Å². The summed E-state index contributed by atoms with van der Waals surface area (Å²) in [5.41, 5.74) is 1.89. The first-order valence-electron chi connectivity index (χ1n) is 6.91. The van der Waals surface area contributed by atoms with Crippen LogP contribution in [0.25, 0.3) is 0 Å². The molecule has 1 N–H and O–H groups in total. The maximum Gasteiger partial charge on any atom is 0.227 e. The van der Waals surface area contributed by atoms with Gasteiger partial charge in [-0.05, 0) is 77.5 Å². The molecule has 0 aliphatic carbocycles. The fourth-order valence-corrected chi connectivity index (χ4v) is 2.56. The highest BCUT2D eigenvalue weighted by Gasteiger charge is 2.05. The normalized spacial score (nSPS) is 10.1. The number of hydrogen-bond donors (Lipinski definition) is 1. The molecular formula is C17H18INO3. The van der Waals surface area contributed by atoms with Crippen LogP contribution in [0, 0.1) is 10.5 Å². The topological polar surface area (TPSA) is 47.6 Å². The predicted molar refractivity (Wildman–Crippen MR) is 95.6 cm³/mol. The van der Waals surface area contributed by atoms with Gasteiger partial charge in [0, 0.05) is 9.26 Å². The van der Waals surface area contributed by atoms with E-state index in [2.05, 4.69) is 27.9 Å². The first-order chi connectivity index (χ1) is 10.6. The number of ether oxygens (including phenoxy) is 2. The number of carbonyl (C=O) groups excluding carboxylic acids is 1. The van der Waals surface area contributed by atoms with Crippen LogP contribution in [0.3, 0.4) is 0 Å². The van der Waals surface area contributed by atoms with E-state index in [1.807, 2.05) is 49.4 Å². The van der Waals surface area contributed by atoms with Gasteiger partial charge in [-0.25, -0.2) is 0 Å². The molecule has 0 unspecified atom stereocenters. The second kappa shape index (κ2) is 8.03. The Morgan fingerprint density at radius 1 is 1.14 bits per heavy atom. The van der Waals surface area contributed by atoms with Gasteiger partial charge in [0.1, 0.15) is 11.5 Å². The zero-order valence-electron chi connectivity index (χ0n) is 12.6. The van der Waals surface area contributed by atoms with Crippen molar-refractivity contribution in [3.63, 3.8) is 0 Å². The molecule has 2 aromatic rings. The van der Waals surface area contributed by atoms with E-state index >= 15 is 0 Å². The summed E-state index contributed by atoms with van der Waals surface area (Å²) in [5, 5.41) is 2.90. The smallest absolute Gasteiger partial charge is 0.227 e. The number of anilines is 1. The molecule has 0 radical (unpaired) electrons. The third kappa shape index (κ3) is 4.91. The van der Waals surface area contributed by atoms with E-state index in [-0.39, 0.29) is 5.91 Å². The number of amides is 1. The number of rotatable bonds is 6. The lowest BCUT2D eigenvalue weighted by atomic mass is 10.2. The molecule has 22 heavy (non-hydrogen) atoms. The Hall–Kier alpha value is -1.76. The van der Waals surface area contributed by atoms with Crippen LogP contribution >= 0.6 is 22.6 Å². The van der Waals surface area contributed by atoms with E-state index in [1.165, 1.54) is 0 Å². The van der Waals surface area contributed by atoms with Gasteiger partial charge >= 0.3 is 0 Å². The second-order valence-electron chi connectivity index (χ2n) is 4.78. The maximum absolute atomic E-state index is 11.9. The molecule has 116 valence electrons. The molecule has 0 aliphatic heterocycles. The Kier molecular flexibility index (Phi) is 6.06. The van der Waals surface area contributed by atoms with Crippen molar-refractivity contribution in [1.82, 2.24) is 0 Å². The molecule has 0 fully saturated rings. The highest BCUT2D eigenvalue weighted by molar-refractivity contribution is 14.1. The summed E-state index contributed by atoms with van der Waals surface area (Å²) >= 11 is 2.25. The number of carbonyl (C=O) groups is 1. The van der Waals surface area contributed by atoms with Crippen LogP contribution < -0.4 is 14.8 Å². The Morgan fingerprint density at radius 2 is 1.82 bits per heavy atom. The van der Waals surface area contributed by atoms with Crippen molar-refractivity contribution in [2.45, 2.75) is 13.3 Å². The number of halogens is 1. The van der Waals surface area contributed by atoms with Crippen molar-refractivity contribution < 1.29 is 14.3 Å². The molecule has 0 saturated heterocycles. The molecule has 0 heterocycles. The Balaban J connectivity index is 1.79. The zero-order valence-corrected chi connectivity index (χ0v) is 14.7. The van der Waals surface area contributed by atoms with Gasteiger partial charge in [-0.2, -0.15) is 0 Å². The van der Waals surface area contributed by atoms with Crippen molar-refractivity contribution >= 4 is 34.2 Å². The van der Waals surface area contributed by atoms with E-state index in [9.17, 15) is 4.79 Å². The lowest BCUT2D eigenvalue weighted by molar-refractivity contribution is -0.116. The van der Waals surface area contributed by atoms with Crippen LogP contribution in [0.4, 0.5) is 5.69 Å². The highest BCUT2D eigenvalue weighted by Crippen LogP contribution is 2.19. The number of nitrogens with one attached hydrogen (secondary N) is 1. The number of methoxy groups -OCH3 is 1. The first kappa shape index (κ1) is 16.6. The third-order valence-electron chi connectivity index (χ3n) is 3.12. The van der Waals surface area contributed by atoms with Crippen LogP contribution in [0.5, 0.6) is 11.5 Å². The van der Waals surface area contributed by atoms with Gasteiger partial charge in [-0.3, -0.25) is 4.79 Å². The minimum atomic E-state index is -0.0576. The summed E-state index contributed by atoms with van der Waals surface area (Å²) in [4.78, 5) is 11.9. The monoisotopic (exact) mass is 411 g/mol. The number of benzene rings is 2. The molecule has 0 aromatic heterocycles. The molecule has 0 saturated carbocycles. The van der Waals surface area contributed by atoms with Crippen LogP contribution in [-0.2, 0) is 4.79 Å². The largest absolute Gasteiger partial charge is 0.497 e. The molecule has 0 aliphatic rings. The summed E-state index contributed by atoms with van der Waals surface area (Å²) in [6.45, 7) is 2.31. The predicted octanol–water partition coefficient (Wildman–Crippen LogP) is 4.02. The highest BCUT2D eigenvalue weighted by atomic mass is 127. The van der Waals surface area contributed by atoms with Crippen molar-refractivity contribution in [2.24, 2.45) is 0 Å². The molecule has 5 heteroatoms. The molecule has 4 nitrogen and oxygen atoms in total. The van der Waals surface area contributed by atoms with E-state index in [1.54, 1.807) is 7.11 Å². The van der Waals surface area contributed by atoms with Gasteiger partial charge in [0.15, 0.2) is 0 Å². The summed E-state index contributed by atoms with van der Waals surface area (Å²) in [7, 11) is 1.62. The van der Waals surface area contributed by atoms with Crippen molar-refractivity contribution in [3.05, 3.63) is 51.6 Å². The summed E-state index contributed by atoms with van der Waals surface area (Å²) in [6, 6.07) is 13.2. The van der Waals surface area contributed by atoms with Crippen molar-refractivity contribution in [1.29, 1.82) is 0 Å². The van der Waals surface area contributed by atoms with Gasteiger partial charge < -0.3 is 14.8 Å². The summed E-state index contributed by atoms with van der Waals surface area (Å²) < 4.78 is 11.8. The summed E-state index contributed by atoms with van der Waals surface area (Å²) in [6.07, 6.45) is 0.303. The Bertz CT molecular complexity index is 641. The molecular weight excluding hydrogens is 393 g/mol. The minimum Gasteiger partial charge on any atom is -0.497 e. The number of hydrogen-bond acceptors (Lipinski definition) is 3. The Labute approximate surface area is 144 Å². The lowest BCUT2D eigenvalue weighted by Gasteiger charge is -2.10. The van der Waals surface area contributed by atoms with Crippen LogP contribution in [0.2, 0.25) is 0 Å². The zero-order chi connectivity index (χ0) is 15.9. The first-order valence-corrected chi connectivity index (χ1v) is 7.99. The van der Waals surface area contributed by atoms with Crippen LogP contribution in [-0.4, -0.2) is 19.6 Å². The number of aryl methyl sites for hydroxylation is 1. The van der Waals surface area contributed by atoms with E-state index in [4.69, 9.17) is 9.47 Å². The van der Waals surface area contributed by atoms with Gasteiger partial charge in [0.05, 0.1) is 20.1 Å². The second-order valence-corrected chi connectivity index (χ2v) is 6.03. The average molecular weight is 411 g/mol. The molecule has 0 bridgehead atoms. The van der Waals surface area contributed by atoms with E-state index in [0.717, 1.165) is 26.3 Å². The molecule has 0 spiro atoms. The fourth-order valence-electron chi connectivity index (χ4n) is 1.91. The standard InChI is InChI=1S/C17H18INO3/c1-12-11-13(18)3-8-16(12)19-17(20)9-10-22-15-6-4-14(21-2)5-7-15/h3-8,11H,9-10H2,1-2H3,(H,19,20).